The maximum absolute atomic E-state index is 12.5. The monoisotopic (exact) mass is 364 g/mol. The Balaban J connectivity index is 1.83. The maximum atomic E-state index is 12.5. The molecule has 0 spiro atoms. The smallest absolute Gasteiger partial charge is 0.342 e. The molecule has 27 heavy (non-hydrogen) atoms. The number of ether oxygens (including phenoxy) is 1. The topological polar surface area (TPSA) is 83.8 Å². The molecular weight excluding hydrogens is 344 g/mol. The van der Waals surface area contributed by atoms with E-state index in [-0.39, 0.29) is 22.8 Å². The van der Waals surface area contributed by atoms with Gasteiger partial charge in [0, 0.05) is 16.3 Å². The quantitative estimate of drug-likeness (QED) is 0.402. The van der Waals surface area contributed by atoms with E-state index in [0.717, 1.165) is 18.1 Å². The van der Waals surface area contributed by atoms with Gasteiger partial charge in [0.2, 0.25) is 5.78 Å². The maximum Gasteiger partial charge on any atom is 0.342 e. The SMILES string of the molecule is CCc1ccc(C(=O)[C@@H](C)OC(=O)c2cc(O)c3ccccc3c2O)cc1. The summed E-state index contributed by atoms with van der Waals surface area (Å²) in [5, 5.41) is 21.2. The van der Waals surface area contributed by atoms with Gasteiger partial charge in [0.15, 0.2) is 6.10 Å². The van der Waals surface area contributed by atoms with Gasteiger partial charge in [0.25, 0.3) is 0 Å². The van der Waals surface area contributed by atoms with Gasteiger partial charge in [-0.15, -0.1) is 0 Å². The molecule has 5 heteroatoms. The molecule has 138 valence electrons. The normalized spacial score (nSPS) is 11.9. The first-order valence-corrected chi connectivity index (χ1v) is 8.70. The van der Waals surface area contributed by atoms with Crippen molar-refractivity contribution in [2.24, 2.45) is 0 Å². The summed E-state index contributed by atoms with van der Waals surface area (Å²) in [6, 6.07) is 14.9. The summed E-state index contributed by atoms with van der Waals surface area (Å²) < 4.78 is 5.23. The number of aromatic hydroxyl groups is 2. The van der Waals surface area contributed by atoms with Crippen LogP contribution >= 0.6 is 0 Å². The second-order valence-corrected chi connectivity index (χ2v) is 6.30. The predicted molar refractivity (Wildman–Crippen MR) is 102 cm³/mol. The lowest BCUT2D eigenvalue weighted by atomic mass is 10.0. The van der Waals surface area contributed by atoms with Crippen LogP contribution in [0.3, 0.4) is 0 Å². The number of phenols is 2. The van der Waals surface area contributed by atoms with Gasteiger partial charge < -0.3 is 14.9 Å². The minimum Gasteiger partial charge on any atom is -0.507 e. The number of carbonyl (C=O) groups excluding carboxylic acids is 2. The molecule has 0 saturated heterocycles. The van der Waals surface area contributed by atoms with Gasteiger partial charge in [-0.25, -0.2) is 4.79 Å². The third-order valence-corrected chi connectivity index (χ3v) is 4.51. The van der Waals surface area contributed by atoms with Crippen LogP contribution in [0.1, 0.15) is 40.1 Å². The number of esters is 1. The van der Waals surface area contributed by atoms with Crippen LogP contribution in [0.25, 0.3) is 10.8 Å². The average Bonchev–Trinajstić information content (AvgIpc) is 2.70. The van der Waals surface area contributed by atoms with Crippen LogP contribution in [0.15, 0.2) is 54.6 Å². The summed E-state index contributed by atoms with van der Waals surface area (Å²) in [5.41, 5.74) is 1.36. The standard InChI is InChI=1S/C22H20O5/c1-3-14-8-10-15(11-9-14)20(24)13(2)27-22(26)18-12-19(23)16-6-4-5-7-17(16)21(18)25/h4-13,23,25H,3H2,1-2H3/t13-/m1/s1. The zero-order valence-corrected chi connectivity index (χ0v) is 15.1. The molecule has 0 aliphatic rings. The summed E-state index contributed by atoms with van der Waals surface area (Å²) in [7, 11) is 0. The first-order valence-electron chi connectivity index (χ1n) is 8.70. The molecular formula is C22H20O5. The van der Waals surface area contributed by atoms with Crippen molar-refractivity contribution in [3.05, 3.63) is 71.3 Å². The molecule has 3 aromatic carbocycles. The largest absolute Gasteiger partial charge is 0.507 e. The van der Waals surface area contributed by atoms with Gasteiger partial charge in [-0.3, -0.25) is 4.79 Å². The van der Waals surface area contributed by atoms with Crippen molar-refractivity contribution in [1.29, 1.82) is 0 Å². The van der Waals surface area contributed by atoms with Crippen LogP contribution in [-0.4, -0.2) is 28.1 Å². The zero-order valence-electron chi connectivity index (χ0n) is 15.1. The molecule has 0 heterocycles. The van der Waals surface area contributed by atoms with Crippen LogP contribution in [0.5, 0.6) is 11.5 Å². The molecule has 0 saturated carbocycles. The van der Waals surface area contributed by atoms with E-state index in [1.165, 1.54) is 6.92 Å². The van der Waals surface area contributed by atoms with Crippen molar-refractivity contribution in [1.82, 2.24) is 0 Å². The highest BCUT2D eigenvalue weighted by Crippen LogP contribution is 2.35. The van der Waals surface area contributed by atoms with E-state index in [2.05, 4.69) is 0 Å². The predicted octanol–water partition coefficient (Wildman–Crippen LogP) is 4.24. The van der Waals surface area contributed by atoms with Crippen LogP contribution in [0.4, 0.5) is 0 Å². The molecule has 0 unspecified atom stereocenters. The Bertz CT molecular complexity index is 1010. The Morgan fingerprint density at radius 3 is 2.26 bits per heavy atom. The Hall–Kier alpha value is -3.34. The lowest BCUT2D eigenvalue weighted by Gasteiger charge is -2.14. The summed E-state index contributed by atoms with van der Waals surface area (Å²) in [6.07, 6.45) is -0.165. The number of phenolic OH excluding ortho intramolecular Hbond substituents is 2. The zero-order chi connectivity index (χ0) is 19.6. The van der Waals surface area contributed by atoms with E-state index in [1.807, 2.05) is 19.1 Å². The third-order valence-electron chi connectivity index (χ3n) is 4.51. The van der Waals surface area contributed by atoms with Gasteiger partial charge in [-0.05, 0) is 25.0 Å². The number of Topliss-reactive ketones (excluding diaryl/α,β-unsaturated/α-hetero) is 1. The molecule has 0 amide bonds. The molecule has 3 aromatic rings. The number of carbonyl (C=O) groups is 2. The molecule has 0 aliphatic heterocycles. The number of hydrogen-bond acceptors (Lipinski definition) is 5. The van der Waals surface area contributed by atoms with E-state index in [1.54, 1.807) is 36.4 Å². The molecule has 0 bridgehead atoms. The molecule has 0 aliphatic carbocycles. The van der Waals surface area contributed by atoms with Crippen LogP contribution in [0.2, 0.25) is 0 Å². The average molecular weight is 364 g/mol. The highest BCUT2D eigenvalue weighted by atomic mass is 16.5. The molecule has 0 fully saturated rings. The van der Waals surface area contributed by atoms with E-state index >= 15 is 0 Å². The summed E-state index contributed by atoms with van der Waals surface area (Å²) in [5.74, 6) is -1.65. The van der Waals surface area contributed by atoms with E-state index in [0.29, 0.717) is 16.3 Å². The Labute approximate surface area is 156 Å². The van der Waals surface area contributed by atoms with Crippen molar-refractivity contribution in [3.63, 3.8) is 0 Å². The fourth-order valence-electron chi connectivity index (χ4n) is 2.91. The van der Waals surface area contributed by atoms with Crippen molar-refractivity contribution in [2.45, 2.75) is 26.4 Å². The summed E-state index contributed by atoms with van der Waals surface area (Å²) >= 11 is 0. The van der Waals surface area contributed by atoms with E-state index in [9.17, 15) is 19.8 Å². The van der Waals surface area contributed by atoms with Crippen LogP contribution in [0, 0.1) is 0 Å². The second kappa shape index (κ2) is 7.50. The molecule has 5 nitrogen and oxygen atoms in total. The highest BCUT2D eigenvalue weighted by molar-refractivity contribution is 6.05. The summed E-state index contributed by atoms with van der Waals surface area (Å²) in [4.78, 5) is 24.9. The lowest BCUT2D eigenvalue weighted by molar-refractivity contribution is 0.0316. The first-order chi connectivity index (χ1) is 12.9. The molecule has 0 radical (unpaired) electrons. The van der Waals surface area contributed by atoms with Gasteiger partial charge in [-0.1, -0.05) is 55.5 Å². The van der Waals surface area contributed by atoms with Crippen LogP contribution < -0.4 is 0 Å². The number of rotatable bonds is 5. The number of fused-ring (bicyclic) bond motifs is 1. The molecule has 1 atom stereocenters. The number of hydrogen-bond donors (Lipinski definition) is 2. The molecule has 2 N–H and O–H groups in total. The summed E-state index contributed by atoms with van der Waals surface area (Å²) in [6.45, 7) is 3.50. The van der Waals surface area contributed by atoms with Crippen molar-refractivity contribution >= 4 is 22.5 Å². The molecule has 0 aromatic heterocycles. The Morgan fingerprint density at radius 2 is 1.63 bits per heavy atom. The number of ketones is 1. The van der Waals surface area contributed by atoms with Crippen molar-refractivity contribution in [3.8, 4) is 11.5 Å². The third kappa shape index (κ3) is 3.62. The first kappa shape index (κ1) is 18.5. The lowest BCUT2D eigenvalue weighted by Crippen LogP contribution is -2.24. The van der Waals surface area contributed by atoms with Crippen LogP contribution in [-0.2, 0) is 11.2 Å². The van der Waals surface area contributed by atoms with Crippen molar-refractivity contribution in [2.75, 3.05) is 0 Å². The van der Waals surface area contributed by atoms with E-state index < -0.39 is 12.1 Å². The van der Waals surface area contributed by atoms with Gasteiger partial charge >= 0.3 is 5.97 Å². The Morgan fingerprint density at radius 1 is 1.00 bits per heavy atom. The van der Waals surface area contributed by atoms with Gasteiger partial charge in [-0.2, -0.15) is 0 Å². The highest BCUT2D eigenvalue weighted by Gasteiger charge is 2.24. The second-order valence-electron chi connectivity index (χ2n) is 6.30. The minimum absolute atomic E-state index is 0.149. The molecule has 3 rings (SSSR count). The Kier molecular flexibility index (Phi) is 5.12. The number of benzene rings is 3. The van der Waals surface area contributed by atoms with Crippen molar-refractivity contribution < 1.29 is 24.5 Å². The van der Waals surface area contributed by atoms with E-state index in [4.69, 9.17) is 4.74 Å². The fraction of sp³-hybridized carbons (Fsp3) is 0.182. The minimum atomic E-state index is -1.03. The van der Waals surface area contributed by atoms with Gasteiger partial charge in [0.05, 0.1) is 0 Å². The number of aryl methyl sites for hydroxylation is 1. The fourth-order valence-corrected chi connectivity index (χ4v) is 2.91. The van der Waals surface area contributed by atoms with Gasteiger partial charge in [0.1, 0.15) is 17.1 Å².